The third-order valence-electron chi connectivity index (χ3n) is 4.85. The van der Waals surface area contributed by atoms with Crippen LogP contribution < -0.4 is 20.2 Å². The second kappa shape index (κ2) is 10.4. The van der Waals surface area contributed by atoms with Gasteiger partial charge in [-0.25, -0.2) is 0 Å². The summed E-state index contributed by atoms with van der Waals surface area (Å²) < 4.78 is 12.1. The molecular weight excluding hydrogens is 390 g/mol. The maximum Gasteiger partial charge on any atom is 0.240 e. The first-order chi connectivity index (χ1) is 14.1. The highest BCUT2D eigenvalue weighted by Gasteiger charge is 2.16. The van der Waals surface area contributed by atoms with Crippen molar-refractivity contribution >= 4 is 17.7 Å². The van der Waals surface area contributed by atoms with E-state index in [-0.39, 0.29) is 23.6 Å². The molecule has 1 amide bonds. The predicted octanol–water partition coefficient (Wildman–Crippen LogP) is 1.73. The fourth-order valence-electron chi connectivity index (χ4n) is 3.17. The first-order valence-electron chi connectivity index (χ1n) is 9.56. The lowest BCUT2D eigenvalue weighted by Crippen LogP contribution is -2.35. The predicted molar refractivity (Wildman–Crippen MR) is 115 cm³/mol. The first-order valence-corrected chi connectivity index (χ1v) is 10.7. The molecule has 0 unspecified atom stereocenters. The first kappa shape index (κ1) is 21.3. The lowest BCUT2D eigenvalue weighted by molar-refractivity contribution is -0.121. The summed E-state index contributed by atoms with van der Waals surface area (Å²) in [5.74, 6) is 3.07. The van der Waals surface area contributed by atoms with E-state index in [1.165, 1.54) is 7.11 Å². The van der Waals surface area contributed by atoms with E-state index in [4.69, 9.17) is 9.47 Å². The maximum atomic E-state index is 12.5. The Morgan fingerprint density at radius 1 is 1.14 bits per heavy atom. The van der Waals surface area contributed by atoms with E-state index < -0.39 is 0 Å². The third-order valence-corrected chi connectivity index (χ3v) is 5.80. The van der Waals surface area contributed by atoms with Gasteiger partial charge in [-0.1, -0.05) is 12.1 Å². The van der Waals surface area contributed by atoms with Crippen molar-refractivity contribution in [3.05, 3.63) is 58.0 Å². The van der Waals surface area contributed by atoms with Crippen molar-refractivity contribution in [1.29, 1.82) is 0 Å². The molecule has 156 valence electrons. The number of aromatic nitrogens is 1. The van der Waals surface area contributed by atoms with E-state index in [1.54, 1.807) is 19.4 Å². The van der Waals surface area contributed by atoms with E-state index in [0.717, 1.165) is 41.6 Å². The minimum Gasteiger partial charge on any atom is -0.497 e. The molecule has 29 heavy (non-hydrogen) atoms. The molecule has 7 nitrogen and oxygen atoms in total. The molecule has 0 saturated carbocycles. The van der Waals surface area contributed by atoms with Gasteiger partial charge in [-0.3, -0.25) is 14.5 Å². The largest absolute Gasteiger partial charge is 0.497 e. The van der Waals surface area contributed by atoms with E-state index in [9.17, 15) is 9.59 Å². The summed E-state index contributed by atoms with van der Waals surface area (Å²) in [6.45, 7) is 3.16. The van der Waals surface area contributed by atoms with Gasteiger partial charge < -0.3 is 19.4 Å². The highest BCUT2D eigenvalue weighted by atomic mass is 32.2. The Balaban J connectivity index is 1.68. The molecule has 0 bridgehead atoms. The summed E-state index contributed by atoms with van der Waals surface area (Å²) in [5, 5.41) is 2.93. The zero-order valence-electron chi connectivity index (χ0n) is 16.8. The Labute approximate surface area is 175 Å². The van der Waals surface area contributed by atoms with Crippen LogP contribution >= 0.6 is 11.8 Å². The number of amides is 1. The lowest BCUT2D eigenvalue weighted by atomic mass is 10.2. The van der Waals surface area contributed by atoms with Crippen LogP contribution in [0.3, 0.4) is 0 Å². The minimum atomic E-state index is -0.163. The average molecular weight is 418 g/mol. The molecule has 2 aromatic rings. The van der Waals surface area contributed by atoms with Gasteiger partial charge in [0.05, 0.1) is 20.4 Å². The molecule has 1 aromatic heterocycles. The summed E-state index contributed by atoms with van der Waals surface area (Å²) >= 11 is 1.94. The number of pyridine rings is 1. The molecule has 1 aliphatic rings. The molecule has 0 spiro atoms. The molecule has 1 aromatic carbocycles. The Morgan fingerprint density at radius 3 is 2.52 bits per heavy atom. The topological polar surface area (TPSA) is 72.8 Å². The van der Waals surface area contributed by atoms with Gasteiger partial charge in [-0.05, 0) is 17.7 Å². The second-order valence-electron chi connectivity index (χ2n) is 6.84. The Morgan fingerprint density at radius 2 is 1.86 bits per heavy atom. The lowest BCUT2D eigenvalue weighted by Gasteiger charge is -2.27. The summed E-state index contributed by atoms with van der Waals surface area (Å²) in [6.07, 6.45) is 1.63. The zero-order chi connectivity index (χ0) is 20.6. The van der Waals surface area contributed by atoms with Crippen molar-refractivity contribution in [2.75, 3.05) is 38.8 Å². The van der Waals surface area contributed by atoms with Gasteiger partial charge in [-0.2, -0.15) is 11.8 Å². The van der Waals surface area contributed by atoms with E-state index in [2.05, 4.69) is 10.2 Å². The van der Waals surface area contributed by atoms with Crippen LogP contribution in [-0.4, -0.2) is 54.2 Å². The van der Waals surface area contributed by atoms with E-state index >= 15 is 0 Å². The van der Waals surface area contributed by atoms with E-state index in [1.807, 2.05) is 40.6 Å². The van der Waals surface area contributed by atoms with Crippen LogP contribution in [0.25, 0.3) is 0 Å². The Bertz CT molecular complexity index is 876. The fourth-order valence-corrected chi connectivity index (χ4v) is 4.15. The van der Waals surface area contributed by atoms with Crippen LogP contribution in [0.4, 0.5) is 0 Å². The summed E-state index contributed by atoms with van der Waals surface area (Å²) in [7, 11) is 3.09. The third kappa shape index (κ3) is 6.01. The normalized spacial score (nSPS) is 14.4. The number of thioether (sulfide) groups is 1. The van der Waals surface area contributed by atoms with Crippen LogP contribution in [-0.2, 0) is 24.4 Å². The quantitative estimate of drug-likeness (QED) is 0.705. The Hall–Kier alpha value is -2.45. The average Bonchev–Trinajstić information content (AvgIpc) is 2.75. The van der Waals surface area contributed by atoms with Gasteiger partial charge in [0.15, 0.2) is 5.75 Å². The van der Waals surface area contributed by atoms with Crippen molar-refractivity contribution in [2.45, 2.75) is 19.6 Å². The molecule has 0 radical (unpaired) electrons. The molecule has 3 rings (SSSR count). The van der Waals surface area contributed by atoms with Gasteiger partial charge >= 0.3 is 0 Å². The van der Waals surface area contributed by atoms with Gasteiger partial charge in [0, 0.05) is 49.4 Å². The number of benzene rings is 1. The van der Waals surface area contributed by atoms with Crippen molar-refractivity contribution in [2.24, 2.45) is 0 Å². The number of hydrogen-bond donors (Lipinski definition) is 1. The molecule has 0 atom stereocenters. The number of nitrogens with zero attached hydrogens (tertiary/aromatic N) is 2. The van der Waals surface area contributed by atoms with Crippen LogP contribution in [0.1, 0.15) is 11.3 Å². The van der Waals surface area contributed by atoms with Crippen molar-refractivity contribution < 1.29 is 14.3 Å². The van der Waals surface area contributed by atoms with Crippen LogP contribution in [0.5, 0.6) is 11.5 Å². The summed E-state index contributed by atoms with van der Waals surface area (Å²) in [4.78, 5) is 27.1. The molecular formula is C21H27N3O4S. The number of hydrogen-bond acceptors (Lipinski definition) is 6. The fraction of sp³-hybridized carbons (Fsp3) is 0.429. The molecule has 1 N–H and O–H groups in total. The van der Waals surface area contributed by atoms with Crippen molar-refractivity contribution in [3.8, 4) is 11.5 Å². The SMILES string of the molecule is COc1ccc(CNC(=O)Cn2cc(OC)c(=O)cc2CN2CCSCC2)cc1. The number of nitrogens with one attached hydrogen (secondary N) is 1. The minimum absolute atomic E-state index is 0.123. The van der Waals surface area contributed by atoms with Gasteiger partial charge in [0.2, 0.25) is 11.3 Å². The molecule has 8 heteroatoms. The van der Waals surface area contributed by atoms with E-state index in [0.29, 0.717) is 13.1 Å². The van der Waals surface area contributed by atoms with Crippen LogP contribution in [0, 0.1) is 0 Å². The zero-order valence-corrected chi connectivity index (χ0v) is 17.7. The number of ether oxygens (including phenoxy) is 2. The number of methoxy groups -OCH3 is 2. The molecule has 1 aliphatic heterocycles. The molecule has 1 fully saturated rings. The summed E-state index contributed by atoms with van der Waals surface area (Å²) in [5.41, 5.74) is 1.65. The van der Waals surface area contributed by atoms with Gasteiger partial charge in [0.1, 0.15) is 12.3 Å². The number of carbonyl (C=O) groups is 1. The highest BCUT2D eigenvalue weighted by molar-refractivity contribution is 7.99. The van der Waals surface area contributed by atoms with Gasteiger partial charge in [-0.15, -0.1) is 0 Å². The Kier molecular flexibility index (Phi) is 7.60. The second-order valence-corrected chi connectivity index (χ2v) is 8.06. The van der Waals surface area contributed by atoms with Crippen molar-refractivity contribution in [3.63, 3.8) is 0 Å². The summed E-state index contributed by atoms with van der Waals surface area (Å²) in [6, 6.07) is 9.14. The van der Waals surface area contributed by atoms with Crippen molar-refractivity contribution in [1.82, 2.24) is 14.8 Å². The maximum absolute atomic E-state index is 12.5. The number of rotatable bonds is 8. The molecule has 1 saturated heterocycles. The monoisotopic (exact) mass is 417 g/mol. The van der Waals surface area contributed by atoms with Crippen LogP contribution in [0.2, 0.25) is 0 Å². The standard InChI is InChI=1S/C21H27N3O4S/c1-27-18-5-3-16(4-6-18)12-22-21(26)15-24-14-20(28-2)19(25)11-17(24)13-23-7-9-29-10-8-23/h3-6,11,14H,7-10,12-13,15H2,1-2H3,(H,22,26). The smallest absolute Gasteiger partial charge is 0.240 e. The molecule has 2 heterocycles. The molecule has 0 aliphatic carbocycles. The number of carbonyl (C=O) groups excluding carboxylic acids is 1. The van der Waals surface area contributed by atoms with Crippen LogP contribution in [0.15, 0.2) is 41.3 Å². The highest BCUT2D eigenvalue weighted by Crippen LogP contribution is 2.15. The van der Waals surface area contributed by atoms with Gasteiger partial charge in [0.25, 0.3) is 0 Å².